The molecule has 0 aliphatic carbocycles. The fraction of sp³-hybridized carbons (Fsp3) is 0.190. The lowest BCUT2D eigenvalue weighted by atomic mass is 10.3. The summed E-state index contributed by atoms with van der Waals surface area (Å²) in [6, 6.07) is 16.3. The first-order chi connectivity index (χ1) is 15.1. The molecule has 2 aromatic carbocycles. The van der Waals surface area contributed by atoms with Crippen molar-refractivity contribution in [3.63, 3.8) is 0 Å². The van der Waals surface area contributed by atoms with Gasteiger partial charge in [-0.3, -0.25) is 0 Å². The third-order valence-corrected chi connectivity index (χ3v) is 7.74. The minimum Gasteiger partial charge on any atom is -0.353 e. The summed E-state index contributed by atoms with van der Waals surface area (Å²) in [5, 5.41) is 5.55. The smallest absolute Gasteiger partial charge is 0.244 e. The number of hydrogen-bond donors (Lipinski definition) is 0. The number of aromatic nitrogens is 4. The fourth-order valence-corrected chi connectivity index (χ4v) is 5.69. The van der Waals surface area contributed by atoms with E-state index in [4.69, 9.17) is 11.6 Å². The summed E-state index contributed by atoms with van der Waals surface area (Å²) in [6.45, 7) is 1.69. The van der Waals surface area contributed by atoms with Crippen LogP contribution in [0.15, 0.2) is 72.0 Å². The van der Waals surface area contributed by atoms with Gasteiger partial charge in [-0.1, -0.05) is 41.9 Å². The summed E-state index contributed by atoms with van der Waals surface area (Å²) in [5.41, 5.74) is 1.63. The summed E-state index contributed by atoms with van der Waals surface area (Å²) in [6.07, 6.45) is 3.27. The zero-order valence-electron chi connectivity index (χ0n) is 16.5. The Kier molecular flexibility index (Phi) is 5.09. The van der Waals surface area contributed by atoms with E-state index < -0.39 is 10.0 Å². The third kappa shape index (κ3) is 3.54. The van der Waals surface area contributed by atoms with Crippen molar-refractivity contribution in [2.24, 2.45) is 0 Å². The molecule has 10 heteroatoms. The number of piperazine rings is 1. The van der Waals surface area contributed by atoms with Gasteiger partial charge in [-0.2, -0.15) is 9.40 Å². The lowest BCUT2D eigenvalue weighted by Crippen LogP contribution is -2.49. The van der Waals surface area contributed by atoms with Gasteiger partial charge in [0.25, 0.3) is 0 Å². The molecule has 0 radical (unpaired) electrons. The van der Waals surface area contributed by atoms with E-state index in [1.54, 1.807) is 29.1 Å². The summed E-state index contributed by atoms with van der Waals surface area (Å²) >= 11 is 6.13. The van der Waals surface area contributed by atoms with Crippen molar-refractivity contribution < 1.29 is 8.42 Å². The maximum absolute atomic E-state index is 13.0. The molecule has 158 valence electrons. The molecule has 31 heavy (non-hydrogen) atoms. The normalized spacial score (nSPS) is 15.5. The Morgan fingerprint density at radius 1 is 0.871 bits per heavy atom. The molecule has 0 spiro atoms. The van der Waals surface area contributed by atoms with Crippen LogP contribution in [0.2, 0.25) is 5.02 Å². The SMILES string of the molecule is O=S(=O)(c1ccccc1Cl)N1CCN(c2ncnc3c2cnn3-c2ccccc2)CC1. The summed E-state index contributed by atoms with van der Waals surface area (Å²) in [4.78, 5) is 11.1. The molecule has 0 unspecified atom stereocenters. The van der Waals surface area contributed by atoms with E-state index in [0.29, 0.717) is 31.8 Å². The van der Waals surface area contributed by atoms with Gasteiger partial charge in [-0.05, 0) is 24.3 Å². The maximum Gasteiger partial charge on any atom is 0.244 e. The largest absolute Gasteiger partial charge is 0.353 e. The first-order valence-electron chi connectivity index (χ1n) is 9.79. The minimum atomic E-state index is -3.65. The maximum atomic E-state index is 13.0. The molecule has 2 aromatic heterocycles. The van der Waals surface area contributed by atoms with Gasteiger partial charge in [0, 0.05) is 26.2 Å². The monoisotopic (exact) mass is 454 g/mol. The van der Waals surface area contributed by atoms with Crippen molar-refractivity contribution in [2.45, 2.75) is 4.90 Å². The molecule has 1 fully saturated rings. The third-order valence-electron chi connectivity index (χ3n) is 5.34. The number of nitrogens with zero attached hydrogens (tertiary/aromatic N) is 6. The molecule has 4 aromatic rings. The highest BCUT2D eigenvalue weighted by Crippen LogP contribution is 2.28. The van der Waals surface area contributed by atoms with Crippen LogP contribution >= 0.6 is 11.6 Å². The molecule has 3 heterocycles. The predicted molar refractivity (Wildman–Crippen MR) is 119 cm³/mol. The highest BCUT2D eigenvalue weighted by atomic mass is 35.5. The highest BCUT2D eigenvalue weighted by Gasteiger charge is 2.31. The van der Waals surface area contributed by atoms with Crippen LogP contribution in [0.4, 0.5) is 5.82 Å². The number of hydrogen-bond acceptors (Lipinski definition) is 6. The topological polar surface area (TPSA) is 84.2 Å². The first-order valence-corrected chi connectivity index (χ1v) is 11.6. The number of sulfonamides is 1. The number of anilines is 1. The average molecular weight is 455 g/mol. The van der Waals surface area contributed by atoms with Gasteiger partial charge in [0.05, 0.1) is 22.3 Å². The van der Waals surface area contributed by atoms with Crippen molar-refractivity contribution in [2.75, 3.05) is 31.1 Å². The second-order valence-corrected chi connectivity index (χ2v) is 9.46. The quantitative estimate of drug-likeness (QED) is 0.471. The Morgan fingerprint density at radius 2 is 1.58 bits per heavy atom. The average Bonchev–Trinajstić information content (AvgIpc) is 3.24. The second-order valence-electron chi connectivity index (χ2n) is 7.15. The number of para-hydroxylation sites is 1. The molecule has 1 saturated heterocycles. The van der Waals surface area contributed by atoms with Crippen LogP contribution in [0.25, 0.3) is 16.7 Å². The molecule has 0 N–H and O–H groups in total. The summed E-state index contributed by atoms with van der Waals surface area (Å²) in [5.74, 6) is 0.752. The zero-order chi connectivity index (χ0) is 21.4. The Hall–Kier alpha value is -3.01. The van der Waals surface area contributed by atoms with E-state index in [1.807, 2.05) is 30.3 Å². The van der Waals surface area contributed by atoms with Crippen molar-refractivity contribution in [1.82, 2.24) is 24.1 Å². The number of benzene rings is 2. The van der Waals surface area contributed by atoms with Crippen LogP contribution in [-0.4, -0.2) is 58.7 Å². The Balaban J connectivity index is 1.40. The molecular weight excluding hydrogens is 436 g/mol. The van der Waals surface area contributed by atoms with Gasteiger partial charge in [0.2, 0.25) is 10.0 Å². The number of halogens is 1. The van der Waals surface area contributed by atoms with Gasteiger partial charge < -0.3 is 4.90 Å². The molecular formula is C21H19ClN6O2S. The van der Waals surface area contributed by atoms with Crippen LogP contribution in [0.3, 0.4) is 0 Å². The van der Waals surface area contributed by atoms with Crippen molar-refractivity contribution in [3.05, 3.63) is 72.1 Å². The lowest BCUT2D eigenvalue weighted by molar-refractivity contribution is 0.384. The number of fused-ring (bicyclic) bond motifs is 1. The minimum absolute atomic E-state index is 0.138. The van der Waals surface area contributed by atoms with Crippen molar-refractivity contribution in [3.8, 4) is 5.69 Å². The zero-order valence-corrected chi connectivity index (χ0v) is 18.0. The Bertz CT molecular complexity index is 1330. The molecule has 8 nitrogen and oxygen atoms in total. The fourth-order valence-electron chi connectivity index (χ4n) is 3.78. The van der Waals surface area contributed by atoms with E-state index in [2.05, 4.69) is 20.0 Å². The molecule has 5 rings (SSSR count). The predicted octanol–water partition coefficient (Wildman–Crippen LogP) is 2.98. The van der Waals surface area contributed by atoms with Crippen LogP contribution < -0.4 is 4.90 Å². The Morgan fingerprint density at radius 3 is 2.32 bits per heavy atom. The van der Waals surface area contributed by atoms with E-state index in [0.717, 1.165) is 16.9 Å². The van der Waals surface area contributed by atoms with Crippen LogP contribution in [0.1, 0.15) is 0 Å². The van der Waals surface area contributed by atoms with Crippen molar-refractivity contribution in [1.29, 1.82) is 0 Å². The van der Waals surface area contributed by atoms with Crippen molar-refractivity contribution >= 4 is 38.5 Å². The molecule has 0 bridgehead atoms. The number of rotatable bonds is 4. The summed E-state index contributed by atoms with van der Waals surface area (Å²) in [7, 11) is -3.65. The molecule has 0 amide bonds. The molecule has 0 atom stereocenters. The van der Waals surface area contributed by atoms with Crippen LogP contribution in [-0.2, 0) is 10.0 Å². The lowest BCUT2D eigenvalue weighted by Gasteiger charge is -2.34. The van der Waals surface area contributed by atoms with E-state index in [1.165, 1.54) is 16.7 Å². The standard InChI is InChI=1S/C21H19ClN6O2S/c22-18-8-4-5-9-19(18)31(29,30)27-12-10-26(11-13-27)20-17-14-25-28(21(17)24-15-23-20)16-6-2-1-3-7-16/h1-9,14-15H,10-13H2. The molecule has 1 aliphatic heterocycles. The van der Waals surface area contributed by atoms with E-state index in [-0.39, 0.29) is 9.92 Å². The first kappa shape index (κ1) is 19.9. The van der Waals surface area contributed by atoms with Gasteiger partial charge >= 0.3 is 0 Å². The van der Waals surface area contributed by atoms with Gasteiger partial charge in [-0.15, -0.1) is 0 Å². The molecule has 0 saturated carbocycles. The Labute approximate surface area is 184 Å². The summed E-state index contributed by atoms with van der Waals surface area (Å²) < 4.78 is 29.3. The van der Waals surface area contributed by atoms with Crippen LogP contribution in [0, 0.1) is 0 Å². The second kappa shape index (κ2) is 7.92. The highest BCUT2D eigenvalue weighted by molar-refractivity contribution is 7.89. The van der Waals surface area contributed by atoms with Gasteiger partial charge in [0.1, 0.15) is 17.0 Å². The van der Waals surface area contributed by atoms with Gasteiger partial charge in [0.15, 0.2) is 5.65 Å². The van der Waals surface area contributed by atoms with E-state index in [9.17, 15) is 8.42 Å². The van der Waals surface area contributed by atoms with Crippen LogP contribution in [0.5, 0.6) is 0 Å². The molecule has 1 aliphatic rings. The van der Waals surface area contributed by atoms with E-state index >= 15 is 0 Å². The van der Waals surface area contributed by atoms with Gasteiger partial charge in [-0.25, -0.2) is 23.1 Å².